The number of nitrogens with zero attached hydrogens (tertiary/aromatic N) is 4. The third kappa shape index (κ3) is 5.63. The number of nitrogens with two attached hydrogens (primary N) is 1. The molecule has 1 amide bonds. The molecule has 4 N–H and O–H groups in total. The molecule has 2 fully saturated rings. The molecule has 0 unspecified atom stereocenters. The third-order valence-electron chi connectivity index (χ3n) is 5.54. The van der Waals surface area contributed by atoms with Gasteiger partial charge in [0.05, 0.1) is 24.1 Å². The molecule has 11 nitrogen and oxygen atoms in total. The summed E-state index contributed by atoms with van der Waals surface area (Å²) in [5.41, 5.74) is 7.33. The molecule has 1 aliphatic carbocycles. The SMILES string of the molecule is CCOc1cc(Nc2ncc(C(N)=O)c(NC3CC3)n2)ccc1N1CCN(S(C)(=O)=O)CC1. The van der Waals surface area contributed by atoms with Crippen molar-refractivity contribution in [2.24, 2.45) is 5.73 Å². The molecule has 1 saturated heterocycles. The molecule has 0 bridgehead atoms. The Labute approximate surface area is 193 Å². The maximum atomic E-state index is 11.8. The van der Waals surface area contributed by atoms with Crippen LogP contribution in [0.5, 0.6) is 5.75 Å². The quantitative estimate of drug-likeness (QED) is 0.490. The molecule has 2 aromatic rings. The number of piperazine rings is 1. The van der Waals surface area contributed by atoms with Gasteiger partial charge in [0.25, 0.3) is 5.91 Å². The molecule has 0 atom stereocenters. The van der Waals surface area contributed by atoms with Crippen LogP contribution in [0.2, 0.25) is 0 Å². The topological polar surface area (TPSA) is 143 Å². The molecule has 0 spiro atoms. The molecule has 1 aromatic carbocycles. The summed E-state index contributed by atoms with van der Waals surface area (Å²) in [4.78, 5) is 22.5. The number of primary amides is 1. The van der Waals surface area contributed by atoms with Gasteiger partial charge in [-0.3, -0.25) is 4.79 Å². The van der Waals surface area contributed by atoms with Crippen LogP contribution in [0.4, 0.5) is 23.1 Å². The standard InChI is InChI=1S/C21H29N7O4S/c1-3-32-18-12-15(6-7-17(18)27-8-10-28(11-9-27)33(2,30)31)25-21-23-13-16(19(22)29)20(26-21)24-14-4-5-14/h6-7,12-14H,3-5,8-11H2,1-2H3,(H2,22,29)(H2,23,24,25,26). The van der Waals surface area contributed by atoms with Crippen LogP contribution in [0.15, 0.2) is 24.4 Å². The van der Waals surface area contributed by atoms with E-state index >= 15 is 0 Å². The molecule has 4 rings (SSSR count). The van der Waals surface area contributed by atoms with Crippen molar-refractivity contribution in [2.75, 3.05) is 54.6 Å². The van der Waals surface area contributed by atoms with E-state index in [9.17, 15) is 13.2 Å². The van der Waals surface area contributed by atoms with Gasteiger partial charge in [-0.05, 0) is 31.9 Å². The maximum absolute atomic E-state index is 11.8. The largest absolute Gasteiger partial charge is 0.492 e. The smallest absolute Gasteiger partial charge is 0.254 e. The fraction of sp³-hybridized carbons (Fsp3) is 0.476. The average molecular weight is 476 g/mol. The third-order valence-corrected chi connectivity index (χ3v) is 6.84. The number of carbonyl (C=O) groups excluding carboxylic acids is 1. The van der Waals surface area contributed by atoms with E-state index in [2.05, 4.69) is 25.5 Å². The van der Waals surface area contributed by atoms with Gasteiger partial charge in [-0.25, -0.2) is 13.4 Å². The van der Waals surface area contributed by atoms with Crippen molar-refractivity contribution in [3.8, 4) is 5.75 Å². The maximum Gasteiger partial charge on any atom is 0.254 e. The number of ether oxygens (including phenoxy) is 1. The van der Waals surface area contributed by atoms with Gasteiger partial charge < -0.3 is 26.0 Å². The Morgan fingerprint density at radius 3 is 2.58 bits per heavy atom. The number of carbonyl (C=O) groups is 1. The fourth-order valence-corrected chi connectivity index (χ4v) is 4.49. The molecule has 12 heteroatoms. The molecule has 2 heterocycles. The summed E-state index contributed by atoms with van der Waals surface area (Å²) in [5.74, 6) is 0.858. The lowest BCUT2D eigenvalue weighted by atomic mass is 10.2. The lowest BCUT2D eigenvalue weighted by molar-refractivity contribution is 0.100. The highest BCUT2D eigenvalue weighted by Crippen LogP contribution is 2.33. The van der Waals surface area contributed by atoms with E-state index in [4.69, 9.17) is 10.5 Å². The number of amides is 1. The summed E-state index contributed by atoms with van der Waals surface area (Å²) in [6, 6.07) is 5.99. The summed E-state index contributed by atoms with van der Waals surface area (Å²) in [7, 11) is -3.19. The molecular formula is C21H29N7O4S. The summed E-state index contributed by atoms with van der Waals surface area (Å²) in [6.07, 6.45) is 4.71. The van der Waals surface area contributed by atoms with Crippen molar-refractivity contribution in [1.82, 2.24) is 14.3 Å². The van der Waals surface area contributed by atoms with Crippen LogP contribution >= 0.6 is 0 Å². The zero-order chi connectivity index (χ0) is 23.6. The molecule has 178 valence electrons. The normalized spacial score (nSPS) is 17.0. The van der Waals surface area contributed by atoms with Gasteiger partial charge in [-0.1, -0.05) is 0 Å². The van der Waals surface area contributed by atoms with Crippen LogP contribution in [-0.2, 0) is 10.0 Å². The number of nitrogens with one attached hydrogen (secondary N) is 2. The van der Waals surface area contributed by atoms with Crippen LogP contribution < -0.4 is 26.0 Å². The van der Waals surface area contributed by atoms with Crippen molar-refractivity contribution >= 4 is 39.1 Å². The van der Waals surface area contributed by atoms with Crippen molar-refractivity contribution in [1.29, 1.82) is 0 Å². The second-order valence-corrected chi connectivity index (χ2v) is 10.1. The van der Waals surface area contributed by atoms with E-state index in [0.29, 0.717) is 56.3 Å². The first-order valence-corrected chi connectivity index (χ1v) is 12.8. The minimum atomic E-state index is -3.19. The van der Waals surface area contributed by atoms with E-state index in [1.807, 2.05) is 25.1 Å². The minimum Gasteiger partial charge on any atom is -0.492 e. The van der Waals surface area contributed by atoms with Gasteiger partial charge in [-0.2, -0.15) is 9.29 Å². The van der Waals surface area contributed by atoms with Gasteiger partial charge in [0.2, 0.25) is 16.0 Å². The molecule has 33 heavy (non-hydrogen) atoms. The Balaban J connectivity index is 1.52. The molecule has 1 saturated carbocycles. The van der Waals surface area contributed by atoms with E-state index in [1.165, 1.54) is 16.8 Å². The number of hydrogen-bond acceptors (Lipinski definition) is 9. The zero-order valence-corrected chi connectivity index (χ0v) is 19.6. The van der Waals surface area contributed by atoms with E-state index in [0.717, 1.165) is 24.2 Å². The predicted octanol–water partition coefficient (Wildman–Crippen LogP) is 1.37. The van der Waals surface area contributed by atoms with Gasteiger partial charge in [0.15, 0.2) is 0 Å². The molecule has 0 radical (unpaired) electrons. The number of aromatic nitrogens is 2. The minimum absolute atomic E-state index is 0.256. The molecule has 2 aliphatic rings. The van der Waals surface area contributed by atoms with Gasteiger partial charge >= 0.3 is 0 Å². The lowest BCUT2D eigenvalue weighted by Gasteiger charge is -2.35. The first-order valence-electron chi connectivity index (χ1n) is 10.9. The van der Waals surface area contributed by atoms with Crippen molar-refractivity contribution in [2.45, 2.75) is 25.8 Å². The molecular weight excluding hydrogens is 446 g/mol. The second kappa shape index (κ2) is 9.40. The number of benzene rings is 1. The highest BCUT2D eigenvalue weighted by molar-refractivity contribution is 7.88. The fourth-order valence-electron chi connectivity index (χ4n) is 3.67. The summed E-state index contributed by atoms with van der Waals surface area (Å²) in [5, 5.41) is 6.38. The lowest BCUT2D eigenvalue weighted by Crippen LogP contribution is -2.48. The Morgan fingerprint density at radius 2 is 1.97 bits per heavy atom. The first kappa shape index (κ1) is 23.1. The summed E-state index contributed by atoms with van der Waals surface area (Å²) in [6.45, 7) is 4.41. The summed E-state index contributed by atoms with van der Waals surface area (Å²) < 4.78 is 30.9. The van der Waals surface area contributed by atoms with Crippen molar-refractivity contribution in [3.05, 3.63) is 30.0 Å². The summed E-state index contributed by atoms with van der Waals surface area (Å²) >= 11 is 0. The first-order chi connectivity index (χ1) is 15.7. The van der Waals surface area contributed by atoms with Crippen LogP contribution in [-0.4, -0.2) is 73.7 Å². The highest BCUT2D eigenvalue weighted by atomic mass is 32.2. The Hall–Kier alpha value is -3.12. The second-order valence-electron chi connectivity index (χ2n) is 8.13. The van der Waals surface area contributed by atoms with E-state index in [-0.39, 0.29) is 5.56 Å². The highest BCUT2D eigenvalue weighted by Gasteiger charge is 2.26. The Bertz CT molecular complexity index is 1130. The van der Waals surface area contributed by atoms with Gasteiger partial charge in [0, 0.05) is 50.2 Å². The monoisotopic (exact) mass is 475 g/mol. The van der Waals surface area contributed by atoms with Crippen LogP contribution in [0.3, 0.4) is 0 Å². The number of anilines is 4. The zero-order valence-electron chi connectivity index (χ0n) is 18.7. The Morgan fingerprint density at radius 1 is 1.24 bits per heavy atom. The molecule has 1 aromatic heterocycles. The molecule has 1 aliphatic heterocycles. The van der Waals surface area contributed by atoms with Crippen LogP contribution in [0.25, 0.3) is 0 Å². The average Bonchev–Trinajstić information content (AvgIpc) is 3.58. The van der Waals surface area contributed by atoms with Crippen LogP contribution in [0, 0.1) is 0 Å². The van der Waals surface area contributed by atoms with E-state index < -0.39 is 15.9 Å². The van der Waals surface area contributed by atoms with Crippen molar-refractivity contribution < 1.29 is 17.9 Å². The Kier molecular flexibility index (Phi) is 6.56. The predicted molar refractivity (Wildman–Crippen MR) is 127 cm³/mol. The van der Waals surface area contributed by atoms with Crippen molar-refractivity contribution in [3.63, 3.8) is 0 Å². The van der Waals surface area contributed by atoms with E-state index in [1.54, 1.807) is 0 Å². The van der Waals surface area contributed by atoms with Crippen LogP contribution in [0.1, 0.15) is 30.1 Å². The van der Waals surface area contributed by atoms with Gasteiger partial charge in [0.1, 0.15) is 11.6 Å². The number of hydrogen-bond donors (Lipinski definition) is 3. The number of sulfonamides is 1. The number of rotatable bonds is 9. The van der Waals surface area contributed by atoms with Gasteiger partial charge in [-0.15, -0.1) is 0 Å².